The van der Waals surface area contributed by atoms with Gasteiger partial charge in [0, 0.05) is 34.3 Å². The molecule has 194 valence electrons. The summed E-state index contributed by atoms with van der Waals surface area (Å²) in [6.45, 7) is 1.88. The Morgan fingerprint density at radius 1 is 1.00 bits per heavy atom. The Morgan fingerprint density at radius 3 is 2.43 bits per heavy atom. The molecule has 1 heterocycles. The van der Waals surface area contributed by atoms with E-state index in [1.54, 1.807) is 20.3 Å². The number of carbonyl (C=O) groups excluding carboxylic acids is 2. The van der Waals surface area contributed by atoms with Gasteiger partial charge in [0.1, 0.15) is 6.10 Å². The topological polar surface area (TPSA) is 73.9 Å². The third-order valence-electron chi connectivity index (χ3n) is 7.72. The number of methoxy groups -OCH3 is 2. The van der Waals surface area contributed by atoms with Crippen molar-refractivity contribution in [2.75, 3.05) is 14.2 Å². The van der Waals surface area contributed by atoms with Gasteiger partial charge >= 0.3 is 5.97 Å². The first-order valence-corrected chi connectivity index (χ1v) is 13.2. The van der Waals surface area contributed by atoms with Crippen molar-refractivity contribution in [1.82, 2.24) is 5.32 Å². The van der Waals surface area contributed by atoms with Gasteiger partial charge < -0.3 is 19.5 Å². The van der Waals surface area contributed by atoms with Crippen molar-refractivity contribution in [2.45, 2.75) is 63.4 Å². The monoisotopic (exact) mass is 521 g/mol. The Kier molecular flexibility index (Phi) is 7.29. The summed E-state index contributed by atoms with van der Waals surface area (Å²) >= 11 is 6.66. The quantitative estimate of drug-likeness (QED) is 0.456. The summed E-state index contributed by atoms with van der Waals surface area (Å²) in [5, 5.41) is 3.94. The van der Waals surface area contributed by atoms with Gasteiger partial charge in [-0.15, -0.1) is 0 Å². The Labute approximate surface area is 222 Å². The summed E-state index contributed by atoms with van der Waals surface area (Å²) in [6.07, 6.45) is 4.75. The molecule has 0 bridgehead atoms. The fourth-order valence-electron chi connectivity index (χ4n) is 5.89. The highest BCUT2D eigenvalue weighted by atomic mass is 35.5. The van der Waals surface area contributed by atoms with Crippen molar-refractivity contribution in [3.63, 3.8) is 0 Å². The molecular formula is C30H32ClNO5. The zero-order valence-corrected chi connectivity index (χ0v) is 22.2. The molecule has 0 aromatic heterocycles. The number of ether oxygens (including phenoxy) is 3. The molecule has 0 amide bonds. The second-order valence-corrected chi connectivity index (χ2v) is 10.4. The number of Topliss-reactive ketones (excluding diaryl/α,β-unsaturated/α-hetero) is 1. The number of esters is 1. The highest BCUT2D eigenvalue weighted by molar-refractivity contribution is 6.31. The van der Waals surface area contributed by atoms with Gasteiger partial charge in [0.05, 0.1) is 19.8 Å². The van der Waals surface area contributed by atoms with Gasteiger partial charge in [0.2, 0.25) is 0 Å². The normalized spacial score (nSPS) is 22.0. The molecule has 0 saturated heterocycles. The van der Waals surface area contributed by atoms with Gasteiger partial charge in [0.15, 0.2) is 17.3 Å². The van der Waals surface area contributed by atoms with Crippen LogP contribution < -0.4 is 14.8 Å². The van der Waals surface area contributed by atoms with E-state index in [2.05, 4.69) is 5.32 Å². The number of nitrogens with one attached hydrogen (secondary N) is 1. The highest BCUT2D eigenvalue weighted by Gasteiger charge is 2.42. The summed E-state index contributed by atoms with van der Waals surface area (Å²) in [5.41, 5.74) is 4.35. The van der Waals surface area contributed by atoms with Gasteiger partial charge in [-0.2, -0.15) is 0 Å². The number of hydrogen-bond donors (Lipinski definition) is 1. The minimum Gasteiger partial charge on any atom is -0.493 e. The maximum Gasteiger partial charge on any atom is 0.337 e. The van der Waals surface area contributed by atoms with Crippen molar-refractivity contribution >= 4 is 23.4 Å². The maximum atomic E-state index is 13.8. The molecule has 1 N–H and O–H groups in total. The predicted molar refractivity (Wildman–Crippen MR) is 142 cm³/mol. The van der Waals surface area contributed by atoms with Gasteiger partial charge in [-0.3, -0.25) is 4.79 Å². The Balaban J connectivity index is 1.54. The zero-order chi connectivity index (χ0) is 26.1. The van der Waals surface area contributed by atoms with E-state index in [0.717, 1.165) is 42.5 Å². The maximum absolute atomic E-state index is 13.8. The SMILES string of the molecule is COc1ccc([C@H]2CC(=O)C3=C(C2)NC(C)=C(C(=O)OC2CCCC2)[C@H]3c2ccccc2Cl)cc1OC. The fraction of sp³-hybridized carbons (Fsp3) is 0.400. The van der Waals surface area contributed by atoms with Crippen LogP contribution in [0.4, 0.5) is 0 Å². The average Bonchev–Trinajstić information content (AvgIpc) is 3.40. The summed E-state index contributed by atoms with van der Waals surface area (Å²) in [4.78, 5) is 27.4. The van der Waals surface area contributed by atoms with Gasteiger partial charge in [-0.25, -0.2) is 4.79 Å². The number of halogens is 1. The zero-order valence-electron chi connectivity index (χ0n) is 21.4. The lowest BCUT2D eigenvalue weighted by molar-refractivity contribution is -0.144. The van der Waals surface area contributed by atoms with Gasteiger partial charge in [0.25, 0.3) is 0 Å². The number of allylic oxidation sites excluding steroid dienone is 3. The van der Waals surface area contributed by atoms with Crippen LogP contribution in [0.15, 0.2) is 65.0 Å². The van der Waals surface area contributed by atoms with Crippen LogP contribution >= 0.6 is 11.6 Å². The molecule has 0 unspecified atom stereocenters. The molecule has 0 spiro atoms. The van der Waals surface area contributed by atoms with Crippen molar-refractivity contribution in [3.05, 3.63) is 81.2 Å². The Morgan fingerprint density at radius 2 is 1.73 bits per heavy atom. The lowest BCUT2D eigenvalue weighted by Gasteiger charge is -2.37. The smallest absolute Gasteiger partial charge is 0.337 e. The van der Waals surface area contributed by atoms with E-state index in [1.165, 1.54) is 0 Å². The van der Waals surface area contributed by atoms with Crippen LogP contribution in [-0.4, -0.2) is 32.1 Å². The minimum absolute atomic E-state index is 0.00267. The first-order chi connectivity index (χ1) is 17.9. The molecule has 6 nitrogen and oxygen atoms in total. The van der Waals surface area contributed by atoms with E-state index in [0.29, 0.717) is 46.2 Å². The van der Waals surface area contributed by atoms with E-state index < -0.39 is 5.92 Å². The lowest BCUT2D eigenvalue weighted by Crippen LogP contribution is -2.36. The van der Waals surface area contributed by atoms with Crippen molar-refractivity contribution in [3.8, 4) is 11.5 Å². The van der Waals surface area contributed by atoms with Gasteiger partial charge in [-0.1, -0.05) is 35.9 Å². The molecule has 7 heteroatoms. The number of dihydropyridines is 1. The average molecular weight is 522 g/mol. The number of hydrogen-bond acceptors (Lipinski definition) is 6. The summed E-state index contributed by atoms with van der Waals surface area (Å²) in [6, 6.07) is 13.2. The largest absolute Gasteiger partial charge is 0.493 e. The molecule has 37 heavy (non-hydrogen) atoms. The summed E-state index contributed by atoms with van der Waals surface area (Å²) in [7, 11) is 3.20. The molecule has 2 atom stereocenters. The molecule has 0 radical (unpaired) electrons. The first kappa shape index (κ1) is 25.4. The first-order valence-electron chi connectivity index (χ1n) is 12.8. The van der Waals surface area contributed by atoms with Crippen molar-refractivity contribution in [2.24, 2.45) is 0 Å². The highest BCUT2D eigenvalue weighted by Crippen LogP contribution is 2.48. The summed E-state index contributed by atoms with van der Waals surface area (Å²) in [5.74, 6) is 0.293. The molecule has 5 rings (SSSR count). The third-order valence-corrected chi connectivity index (χ3v) is 8.06. The van der Waals surface area contributed by atoms with Crippen LogP contribution in [-0.2, 0) is 14.3 Å². The lowest BCUT2D eigenvalue weighted by atomic mass is 9.71. The van der Waals surface area contributed by atoms with E-state index in [4.69, 9.17) is 25.8 Å². The molecule has 1 saturated carbocycles. The van der Waals surface area contributed by atoms with E-state index >= 15 is 0 Å². The van der Waals surface area contributed by atoms with Crippen LogP contribution in [0, 0.1) is 0 Å². The number of rotatable bonds is 6. The molecule has 2 aromatic rings. The Bertz CT molecular complexity index is 1290. The molecule has 1 aliphatic heterocycles. The second kappa shape index (κ2) is 10.6. The van der Waals surface area contributed by atoms with Crippen molar-refractivity contribution in [1.29, 1.82) is 0 Å². The van der Waals surface area contributed by atoms with Crippen LogP contribution in [0.2, 0.25) is 5.02 Å². The minimum atomic E-state index is -0.572. The van der Waals surface area contributed by atoms with Crippen LogP contribution in [0.1, 0.15) is 68.4 Å². The summed E-state index contributed by atoms with van der Waals surface area (Å²) < 4.78 is 16.8. The van der Waals surface area contributed by atoms with Gasteiger partial charge in [-0.05, 0) is 74.3 Å². The molecular weight excluding hydrogens is 490 g/mol. The fourth-order valence-corrected chi connectivity index (χ4v) is 6.14. The molecule has 2 aliphatic carbocycles. The third kappa shape index (κ3) is 4.87. The van der Waals surface area contributed by atoms with Crippen LogP contribution in [0.3, 0.4) is 0 Å². The molecule has 2 aromatic carbocycles. The van der Waals surface area contributed by atoms with E-state index in [-0.39, 0.29) is 23.8 Å². The number of carbonyl (C=O) groups is 2. The number of benzene rings is 2. The predicted octanol–water partition coefficient (Wildman–Crippen LogP) is 6.20. The second-order valence-electron chi connectivity index (χ2n) is 9.96. The molecule has 1 fully saturated rings. The standard InChI is InChI=1S/C30H32ClNO5/c1-17-27(30(34)37-20-8-4-5-9-20)28(21-10-6-7-11-22(21)31)29-23(32-17)14-19(15-24(29)33)18-12-13-25(35-2)26(16-18)36-3/h6-7,10-13,16,19-20,28,32H,4-5,8-9,14-15H2,1-3H3/t19-,28-/m1/s1. The van der Waals surface area contributed by atoms with E-state index in [9.17, 15) is 9.59 Å². The Hall–Kier alpha value is -3.25. The molecule has 3 aliphatic rings. The number of ketones is 1. The van der Waals surface area contributed by atoms with Crippen LogP contribution in [0.5, 0.6) is 11.5 Å². The van der Waals surface area contributed by atoms with Crippen LogP contribution in [0.25, 0.3) is 0 Å². The van der Waals surface area contributed by atoms with E-state index in [1.807, 2.05) is 43.3 Å². The van der Waals surface area contributed by atoms with Crippen molar-refractivity contribution < 1.29 is 23.8 Å².